The van der Waals surface area contributed by atoms with Crippen molar-refractivity contribution in [1.29, 1.82) is 0 Å². The molecule has 0 saturated carbocycles. The van der Waals surface area contributed by atoms with Crippen LogP contribution in [0.3, 0.4) is 0 Å². The van der Waals surface area contributed by atoms with E-state index in [1.54, 1.807) is 35.2 Å². The average Bonchev–Trinajstić information content (AvgIpc) is 3.29. The highest BCUT2D eigenvalue weighted by Gasteiger charge is 2.56. The molecule has 2 aliphatic heterocycles. The lowest BCUT2D eigenvalue weighted by molar-refractivity contribution is -0.119. The summed E-state index contributed by atoms with van der Waals surface area (Å²) in [4.78, 5) is 15.0. The van der Waals surface area contributed by atoms with Crippen LogP contribution in [0.15, 0.2) is 72.8 Å². The van der Waals surface area contributed by atoms with Crippen LogP contribution in [-0.2, 0) is 4.79 Å². The van der Waals surface area contributed by atoms with E-state index in [4.69, 9.17) is 0 Å². The van der Waals surface area contributed by atoms with Crippen molar-refractivity contribution in [1.82, 2.24) is 10.9 Å². The second-order valence-corrected chi connectivity index (χ2v) is 7.88. The molecule has 2 saturated heterocycles. The van der Waals surface area contributed by atoms with Gasteiger partial charge < -0.3 is 4.90 Å². The Balaban J connectivity index is 1.64. The minimum absolute atomic E-state index is 0.165. The van der Waals surface area contributed by atoms with Crippen LogP contribution in [0.1, 0.15) is 28.8 Å². The van der Waals surface area contributed by atoms with Crippen molar-refractivity contribution in [3.05, 3.63) is 101 Å². The highest BCUT2D eigenvalue weighted by Crippen LogP contribution is 2.49. The molecule has 1 amide bonds. The Hall–Kier alpha value is -3.09. The van der Waals surface area contributed by atoms with E-state index in [1.807, 2.05) is 31.2 Å². The van der Waals surface area contributed by atoms with Gasteiger partial charge in [0, 0.05) is 17.2 Å². The number of benzene rings is 3. The predicted molar refractivity (Wildman–Crippen MR) is 110 cm³/mol. The third-order valence-corrected chi connectivity index (χ3v) is 6.08. The number of hydrogen-bond donors (Lipinski definition) is 2. The van der Waals surface area contributed by atoms with Gasteiger partial charge in [-0.25, -0.2) is 19.6 Å². The smallest absolute Gasteiger partial charge is 0.246 e. The highest BCUT2D eigenvalue weighted by molar-refractivity contribution is 6.01. The van der Waals surface area contributed by atoms with Gasteiger partial charge in [-0.3, -0.25) is 4.79 Å². The quantitative estimate of drug-likeness (QED) is 0.687. The third-order valence-electron chi connectivity index (χ3n) is 6.08. The van der Waals surface area contributed by atoms with Crippen LogP contribution >= 0.6 is 0 Å². The number of hydrogen-bond acceptors (Lipinski definition) is 3. The van der Waals surface area contributed by atoms with Crippen LogP contribution in [0.25, 0.3) is 0 Å². The number of carbonyl (C=O) groups is 1. The number of halogens is 2. The fourth-order valence-electron chi connectivity index (χ4n) is 4.64. The lowest BCUT2D eigenvalue weighted by atomic mass is 9.83. The Morgan fingerprint density at radius 1 is 0.833 bits per heavy atom. The zero-order valence-corrected chi connectivity index (χ0v) is 16.3. The summed E-state index contributed by atoms with van der Waals surface area (Å²) in [5.74, 6) is -1.16. The van der Waals surface area contributed by atoms with Crippen molar-refractivity contribution < 1.29 is 13.6 Å². The number of nitrogens with one attached hydrogen (secondary N) is 2. The molecule has 0 aliphatic carbocycles. The number of hydrazine groups is 1. The molecular formula is C24H21F2N3O. The second-order valence-electron chi connectivity index (χ2n) is 7.88. The molecule has 3 aromatic rings. The zero-order valence-electron chi connectivity index (χ0n) is 16.3. The van der Waals surface area contributed by atoms with Gasteiger partial charge >= 0.3 is 0 Å². The normalized spacial score (nSPS) is 25.6. The number of fused-ring (bicyclic) bond motifs is 1. The summed E-state index contributed by atoms with van der Waals surface area (Å²) in [6, 6.07) is 19.2. The largest absolute Gasteiger partial charge is 0.303 e. The van der Waals surface area contributed by atoms with Gasteiger partial charge in [0.15, 0.2) is 0 Å². The number of aryl methyl sites for hydroxylation is 1. The van der Waals surface area contributed by atoms with Gasteiger partial charge in [0.05, 0.1) is 12.1 Å². The van der Waals surface area contributed by atoms with Gasteiger partial charge in [-0.1, -0.05) is 48.0 Å². The molecule has 3 aromatic carbocycles. The topological polar surface area (TPSA) is 44.4 Å². The van der Waals surface area contributed by atoms with E-state index in [0.29, 0.717) is 11.3 Å². The first-order chi connectivity index (χ1) is 14.5. The summed E-state index contributed by atoms with van der Waals surface area (Å²) >= 11 is 0. The van der Waals surface area contributed by atoms with Crippen LogP contribution in [-0.4, -0.2) is 11.9 Å². The number of nitrogens with zero attached hydrogens (tertiary/aromatic N) is 1. The van der Waals surface area contributed by atoms with Crippen LogP contribution < -0.4 is 15.8 Å². The first-order valence-corrected chi connectivity index (χ1v) is 9.95. The van der Waals surface area contributed by atoms with E-state index in [1.165, 1.54) is 18.2 Å². The molecule has 5 rings (SSSR count). The number of carbonyl (C=O) groups excluding carboxylic acids is 1. The standard InChI is InChI=1S/C24H21F2N3O/c1-14-6-8-15(9-7-14)21-20-22(28-27-21)24(30)29(17-12-10-16(25)11-13-17)23(20)18-4-2-3-5-19(18)26/h2-13,20-23,27-28H,1H3. The van der Waals surface area contributed by atoms with Crippen LogP contribution in [0.2, 0.25) is 0 Å². The van der Waals surface area contributed by atoms with Crippen LogP contribution in [0.4, 0.5) is 14.5 Å². The van der Waals surface area contributed by atoms with Gasteiger partial charge in [0.2, 0.25) is 5.91 Å². The third kappa shape index (κ3) is 3.00. The zero-order chi connectivity index (χ0) is 20.8. The van der Waals surface area contributed by atoms with Crippen molar-refractivity contribution in [2.24, 2.45) is 5.92 Å². The molecule has 0 bridgehead atoms. The van der Waals surface area contributed by atoms with Gasteiger partial charge in [-0.15, -0.1) is 0 Å². The maximum absolute atomic E-state index is 14.9. The van der Waals surface area contributed by atoms with E-state index in [0.717, 1.165) is 11.1 Å². The Kier molecular flexibility index (Phi) is 4.60. The monoisotopic (exact) mass is 405 g/mol. The van der Waals surface area contributed by atoms with Gasteiger partial charge in [-0.2, -0.15) is 0 Å². The molecule has 4 atom stereocenters. The fraction of sp³-hybridized carbons (Fsp3) is 0.208. The summed E-state index contributed by atoms with van der Waals surface area (Å²) in [6.07, 6.45) is 0. The Bertz CT molecular complexity index is 1080. The maximum Gasteiger partial charge on any atom is 0.246 e. The SMILES string of the molecule is Cc1ccc(C2NNC3C(=O)N(c4ccc(F)cc4)C(c4ccccc4F)C32)cc1. The first-order valence-electron chi connectivity index (χ1n) is 9.95. The molecule has 0 radical (unpaired) electrons. The van der Waals surface area contributed by atoms with Crippen molar-refractivity contribution in [3.8, 4) is 0 Å². The van der Waals surface area contributed by atoms with E-state index in [-0.39, 0.29) is 29.5 Å². The molecule has 0 aromatic heterocycles. The van der Waals surface area contributed by atoms with E-state index >= 15 is 0 Å². The molecule has 2 heterocycles. The van der Waals surface area contributed by atoms with E-state index in [9.17, 15) is 13.6 Å². The van der Waals surface area contributed by atoms with E-state index < -0.39 is 12.1 Å². The first kappa shape index (κ1) is 18.9. The van der Waals surface area contributed by atoms with Crippen molar-refractivity contribution in [3.63, 3.8) is 0 Å². The molecule has 2 fully saturated rings. The van der Waals surface area contributed by atoms with Gasteiger partial charge in [-0.05, 0) is 42.8 Å². The predicted octanol–water partition coefficient (Wildman–Crippen LogP) is 4.20. The van der Waals surface area contributed by atoms with Crippen molar-refractivity contribution in [2.45, 2.75) is 25.0 Å². The average molecular weight is 405 g/mol. The number of amides is 1. The molecule has 6 heteroatoms. The summed E-state index contributed by atoms with van der Waals surface area (Å²) in [7, 11) is 0. The Morgan fingerprint density at radius 3 is 2.20 bits per heavy atom. The number of rotatable bonds is 3. The molecule has 2 N–H and O–H groups in total. The second kappa shape index (κ2) is 7.31. The summed E-state index contributed by atoms with van der Waals surface area (Å²) in [5.41, 5.74) is 9.53. The van der Waals surface area contributed by atoms with E-state index in [2.05, 4.69) is 10.9 Å². The van der Waals surface area contributed by atoms with Crippen LogP contribution in [0, 0.1) is 24.5 Å². The molecule has 152 valence electrons. The molecule has 2 aliphatic rings. The molecular weight excluding hydrogens is 384 g/mol. The molecule has 30 heavy (non-hydrogen) atoms. The maximum atomic E-state index is 14.9. The van der Waals surface area contributed by atoms with Crippen molar-refractivity contribution in [2.75, 3.05) is 4.90 Å². The molecule has 4 unspecified atom stereocenters. The minimum atomic E-state index is -0.539. The lowest BCUT2D eigenvalue weighted by Gasteiger charge is -2.31. The number of anilines is 1. The Labute approximate surface area is 173 Å². The molecule has 4 nitrogen and oxygen atoms in total. The highest BCUT2D eigenvalue weighted by atomic mass is 19.1. The molecule has 0 spiro atoms. The van der Waals surface area contributed by atoms with Crippen LogP contribution in [0.5, 0.6) is 0 Å². The summed E-state index contributed by atoms with van der Waals surface area (Å²) in [5, 5.41) is 0. The minimum Gasteiger partial charge on any atom is -0.303 e. The van der Waals surface area contributed by atoms with Gasteiger partial charge in [0.1, 0.15) is 17.7 Å². The Morgan fingerprint density at radius 2 is 1.50 bits per heavy atom. The fourth-order valence-corrected chi connectivity index (χ4v) is 4.64. The summed E-state index contributed by atoms with van der Waals surface area (Å²) < 4.78 is 28.4. The lowest BCUT2D eigenvalue weighted by Crippen LogP contribution is -2.41. The van der Waals surface area contributed by atoms with Gasteiger partial charge in [0.25, 0.3) is 0 Å². The summed E-state index contributed by atoms with van der Waals surface area (Å²) in [6.45, 7) is 2.02. The van der Waals surface area contributed by atoms with Crippen molar-refractivity contribution >= 4 is 11.6 Å².